The zero-order chi connectivity index (χ0) is 9.31. The summed E-state index contributed by atoms with van der Waals surface area (Å²) in [7, 11) is 0. The standard InChI is InChI=1S/C12H20O/c1-10-4-3-6-12(8-10)9-11(2)5-7-13-12/h4,11H,3,5-9H2,1-2H3/t11-,12+/m1/s1. The highest BCUT2D eigenvalue weighted by atomic mass is 16.5. The molecule has 2 atom stereocenters. The molecular weight excluding hydrogens is 160 g/mol. The molecule has 13 heavy (non-hydrogen) atoms. The van der Waals surface area contributed by atoms with Crippen molar-refractivity contribution in [2.75, 3.05) is 6.61 Å². The molecule has 0 radical (unpaired) electrons. The quantitative estimate of drug-likeness (QED) is 0.520. The molecular formula is C12H20O. The van der Waals surface area contributed by atoms with E-state index in [9.17, 15) is 0 Å². The molecule has 1 heterocycles. The van der Waals surface area contributed by atoms with Gasteiger partial charge in [-0.3, -0.25) is 0 Å². The Morgan fingerprint density at radius 2 is 2.38 bits per heavy atom. The van der Waals surface area contributed by atoms with Gasteiger partial charge in [0, 0.05) is 6.61 Å². The Morgan fingerprint density at radius 3 is 3.08 bits per heavy atom. The molecule has 2 aliphatic rings. The fraction of sp³-hybridized carbons (Fsp3) is 0.833. The van der Waals surface area contributed by atoms with Gasteiger partial charge in [-0.05, 0) is 44.9 Å². The number of rotatable bonds is 0. The second-order valence-electron chi connectivity index (χ2n) is 4.90. The van der Waals surface area contributed by atoms with Gasteiger partial charge >= 0.3 is 0 Å². The lowest BCUT2D eigenvalue weighted by Crippen LogP contribution is -2.40. The molecule has 0 bridgehead atoms. The first-order chi connectivity index (χ1) is 6.20. The molecule has 1 spiro atoms. The maximum atomic E-state index is 6.01. The van der Waals surface area contributed by atoms with Crippen molar-refractivity contribution in [3.63, 3.8) is 0 Å². The molecule has 1 heteroatoms. The Balaban J connectivity index is 2.07. The third-order valence-corrected chi connectivity index (χ3v) is 3.43. The first-order valence-electron chi connectivity index (χ1n) is 5.50. The predicted molar refractivity (Wildman–Crippen MR) is 54.7 cm³/mol. The Morgan fingerprint density at radius 1 is 1.54 bits per heavy atom. The van der Waals surface area contributed by atoms with Crippen molar-refractivity contribution in [2.24, 2.45) is 5.92 Å². The van der Waals surface area contributed by atoms with Gasteiger partial charge < -0.3 is 4.74 Å². The van der Waals surface area contributed by atoms with E-state index in [-0.39, 0.29) is 5.60 Å². The van der Waals surface area contributed by atoms with Crippen LogP contribution in [0.1, 0.15) is 46.0 Å². The van der Waals surface area contributed by atoms with Gasteiger partial charge in [0.2, 0.25) is 0 Å². The molecule has 1 aliphatic heterocycles. The highest BCUT2D eigenvalue weighted by Gasteiger charge is 2.36. The van der Waals surface area contributed by atoms with E-state index in [1.165, 1.54) is 37.7 Å². The molecule has 0 aromatic heterocycles. The molecule has 1 fully saturated rings. The lowest BCUT2D eigenvalue weighted by atomic mass is 9.77. The van der Waals surface area contributed by atoms with Crippen LogP contribution in [0.25, 0.3) is 0 Å². The van der Waals surface area contributed by atoms with Crippen LogP contribution in [0.4, 0.5) is 0 Å². The monoisotopic (exact) mass is 180 g/mol. The van der Waals surface area contributed by atoms with Crippen LogP contribution in [0, 0.1) is 5.92 Å². The fourth-order valence-electron chi connectivity index (χ4n) is 2.82. The molecule has 0 N–H and O–H groups in total. The van der Waals surface area contributed by atoms with E-state index >= 15 is 0 Å². The van der Waals surface area contributed by atoms with Crippen LogP contribution in [-0.2, 0) is 4.74 Å². The van der Waals surface area contributed by atoms with Crippen molar-refractivity contribution in [1.82, 2.24) is 0 Å². The highest BCUT2D eigenvalue weighted by molar-refractivity contribution is 5.10. The molecule has 0 saturated carbocycles. The van der Waals surface area contributed by atoms with Gasteiger partial charge in [0.1, 0.15) is 0 Å². The zero-order valence-electron chi connectivity index (χ0n) is 8.81. The number of hydrogen-bond acceptors (Lipinski definition) is 1. The van der Waals surface area contributed by atoms with E-state index < -0.39 is 0 Å². The summed E-state index contributed by atoms with van der Waals surface area (Å²) in [5.74, 6) is 0.861. The maximum absolute atomic E-state index is 6.01. The van der Waals surface area contributed by atoms with Crippen LogP contribution < -0.4 is 0 Å². The van der Waals surface area contributed by atoms with Crippen molar-refractivity contribution >= 4 is 0 Å². The van der Waals surface area contributed by atoms with E-state index in [1.807, 2.05) is 0 Å². The van der Waals surface area contributed by atoms with Crippen molar-refractivity contribution in [2.45, 2.75) is 51.6 Å². The summed E-state index contributed by atoms with van der Waals surface area (Å²) < 4.78 is 6.01. The summed E-state index contributed by atoms with van der Waals surface area (Å²) >= 11 is 0. The third-order valence-electron chi connectivity index (χ3n) is 3.43. The lowest BCUT2D eigenvalue weighted by Gasteiger charge is -2.42. The topological polar surface area (TPSA) is 9.23 Å². The fourth-order valence-corrected chi connectivity index (χ4v) is 2.82. The van der Waals surface area contributed by atoms with Crippen LogP contribution in [-0.4, -0.2) is 12.2 Å². The molecule has 0 aromatic rings. The Hall–Kier alpha value is -0.300. The second-order valence-corrected chi connectivity index (χ2v) is 4.90. The van der Waals surface area contributed by atoms with E-state index in [0.717, 1.165) is 12.5 Å². The van der Waals surface area contributed by atoms with Crippen LogP contribution in [0.2, 0.25) is 0 Å². The molecule has 0 unspecified atom stereocenters. The Kier molecular flexibility index (Phi) is 2.46. The Bertz CT molecular complexity index is 219. The lowest BCUT2D eigenvalue weighted by molar-refractivity contribution is -0.101. The summed E-state index contributed by atoms with van der Waals surface area (Å²) in [6, 6.07) is 0. The molecule has 0 amide bonds. The van der Waals surface area contributed by atoms with Gasteiger partial charge in [0.15, 0.2) is 0 Å². The van der Waals surface area contributed by atoms with Gasteiger partial charge in [-0.25, -0.2) is 0 Å². The van der Waals surface area contributed by atoms with Gasteiger partial charge in [0.05, 0.1) is 5.60 Å². The van der Waals surface area contributed by atoms with Crippen molar-refractivity contribution < 1.29 is 4.74 Å². The molecule has 0 aromatic carbocycles. The smallest absolute Gasteiger partial charge is 0.0724 e. The minimum absolute atomic E-state index is 0.233. The summed E-state index contributed by atoms with van der Waals surface area (Å²) in [6.07, 6.45) is 8.54. The van der Waals surface area contributed by atoms with Crippen molar-refractivity contribution in [3.8, 4) is 0 Å². The second kappa shape index (κ2) is 3.45. The van der Waals surface area contributed by atoms with Gasteiger partial charge in [-0.1, -0.05) is 18.6 Å². The number of allylic oxidation sites excluding steroid dienone is 1. The first kappa shape index (κ1) is 9.26. The summed E-state index contributed by atoms with van der Waals surface area (Å²) in [6.45, 7) is 5.58. The predicted octanol–water partition coefficient (Wildman–Crippen LogP) is 3.30. The van der Waals surface area contributed by atoms with Crippen LogP contribution in [0.15, 0.2) is 11.6 Å². The van der Waals surface area contributed by atoms with Crippen molar-refractivity contribution in [1.29, 1.82) is 0 Å². The molecule has 1 aliphatic carbocycles. The number of ether oxygens (including phenoxy) is 1. The third kappa shape index (κ3) is 1.96. The Labute approximate surface area is 81.2 Å². The normalized spacial score (nSPS) is 40.5. The molecule has 2 rings (SSSR count). The summed E-state index contributed by atoms with van der Waals surface area (Å²) in [5, 5.41) is 0. The minimum atomic E-state index is 0.233. The van der Waals surface area contributed by atoms with E-state index in [2.05, 4.69) is 19.9 Å². The van der Waals surface area contributed by atoms with E-state index in [4.69, 9.17) is 4.74 Å². The average Bonchev–Trinajstić information content (AvgIpc) is 2.02. The van der Waals surface area contributed by atoms with E-state index in [0.29, 0.717) is 0 Å². The van der Waals surface area contributed by atoms with Crippen LogP contribution >= 0.6 is 0 Å². The molecule has 1 nitrogen and oxygen atoms in total. The summed E-state index contributed by atoms with van der Waals surface area (Å²) in [4.78, 5) is 0. The van der Waals surface area contributed by atoms with Gasteiger partial charge in [-0.2, -0.15) is 0 Å². The maximum Gasteiger partial charge on any atom is 0.0724 e. The molecule has 74 valence electrons. The number of hydrogen-bond donors (Lipinski definition) is 0. The SMILES string of the molecule is CC1=CCC[C@]2(C1)C[C@H](C)CCO2. The van der Waals surface area contributed by atoms with Crippen LogP contribution in [0.5, 0.6) is 0 Å². The highest BCUT2D eigenvalue weighted by Crippen LogP contribution is 2.40. The van der Waals surface area contributed by atoms with E-state index in [1.54, 1.807) is 0 Å². The van der Waals surface area contributed by atoms with Gasteiger partial charge in [-0.15, -0.1) is 0 Å². The van der Waals surface area contributed by atoms with Crippen LogP contribution in [0.3, 0.4) is 0 Å². The average molecular weight is 180 g/mol. The largest absolute Gasteiger partial charge is 0.375 e. The van der Waals surface area contributed by atoms with Crippen molar-refractivity contribution in [3.05, 3.63) is 11.6 Å². The summed E-state index contributed by atoms with van der Waals surface area (Å²) in [5.41, 5.74) is 1.76. The zero-order valence-corrected chi connectivity index (χ0v) is 8.81. The molecule has 1 saturated heterocycles. The minimum Gasteiger partial charge on any atom is -0.375 e. The first-order valence-corrected chi connectivity index (χ1v) is 5.50. The van der Waals surface area contributed by atoms with Gasteiger partial charge in [0.25, 0.3) is 0 Å².